The van der Waals surface area contributed by atoms with E-state index in [4.69, 9.17) is 5.11 Å². The number of hydrogen-bond donors (Lipinski definition) is 2. The summed E-state index contributed by atoms with van der Waals surface area (Å²) in [5, 5.41) is 12.1. The molecule has 0 saturated heterocycles. The van der Waals surface area contributed by atoms with Crippen LogP contribution in [0.1, 0.15) is 26.1 Å². The summed E-state index contributed by atoms with van der Waals surface area (Å²) in [5.74, 6) is 1.61. The van der Waals surface area contributed by atoms with Crippen LogP contribution in [0, 0.1) is 12.3 Å². The fourth-order valence-corrected chi connectivity index (χ4v) is 1.28. The van der Waals surface area contributed by atoms with Gasteiger partial charge < -0.3 is 10.4 Å². The minimum Gasteiger partial charge on any atom is -0.396 e. The molecule has 4 nitrogen and oxygen atoms in total. The number of rotatable bonds is 5. The Hall–Kier alpha value is -1.16. The van der Waals surface area contributed by atoms with Crippen LogP contribution in [-0.4, -0.2) is 28.2 Å². The highest BCUT2D eigenvalue weighted by Gasteiger charge is 2.16. The van der Waals surface area contributed by atoms with Crippen LogP contribution in [0.5, 0.6) is 0 Å². The van der Waals surface area contributed by atoms with Gasteiger partial charge in [-0.15, -0.1) is 0 Å². The lowest BCUT2D eigenvalue weighted by molar-refractivity contribution is 0.220. The second-order valence-electron chi connectivity index (χ2n) is 4.48. The third-order valence-corrected chi connectivity index (χ3v) is 2.31. The number of nitrogens with one attached hydrogen (secondary N) is 1. The number of aromatic nitrogens is 2. The molecule has 15 heavy (non-hydrogen) atoms. The molecule has 84 valence electrons. The van der Waals surface area contributed by atoms with Gasteiger partial charge in [0.1, 0.15) is 11.6 Å². The molecule has 0 aromatic carbocycles. The van der Waals surface area contributed by atoms with Gasteiger partial charge in [0.2, 0.25) is 0 Å². The second-order valence-corrected chi connectivity index (χ2v) is 4.48. The van der Waals surface area contributed by atoms with Crippen LogP contribution in [0.3, 0.4) is 0 Å². The maximum Gasteiger partial charge on any atom is 0.129 e. The molecule has 0 fully saturated rings. The van der Waals surface area contributed by atoms with Crippen molar-refractivity contribution in [3.63, 3.8) is 0 Å². The predicted molar refractivity (Wildman–Crippen MR) is 60.7 cm³/mol. The molecule has 1 aromatic rings. The zero-order chi connectivity index (χ0) is 11.3. The summed E-state index contributed by atoms with van der Waals surface area (Å²) in [4.78, 5) is 8.28. The van der Waals surface area contributed by atoms with Gasteiger partial charge in [-0.3, -0.25) is 0 Å². The Bertz CT molecular complexity index is 312. The number of anilines is 1. The van der Waals surface area contributed by atoms with Gasteiger partial charge in [0, 0.05) is 19.3 Å². The van der Waals surface area contributed by atoms with E-state index in [1.165, 1.54) is 0 Å². The Kier molecular flexibility index (Phi) is 4.03. The van der Waals surface area contributed by atoms with Crippen molar-refractivity contribution in [2.24, 2.45) is 5.41 Å². The van der Waals surface area contributed by atoms with Crippen LogP contribution in [0.15, 0.2) is 12.3 Å². The molecule has 0 aliphatic heterocycles. The van der Waals surface area contributed by atoms with Crippen LogP contribution in [-0.2, 0) is 0 Å². The predicted octanol–water partition coefficient (Wildman–Crippen LogP) is 1.61. The molecule has 1 aromatic heterocycles. The number of hydrogen-bond acceptors (Lipinski definition) is 4. The molecule has 0 aliphatic rings. The molecule has 1 rings (SSSR count). The highest BCUT2D eigenvalue weighted by molar-refractivity contribution is 5.32. The van der Waals surface area contributed by atoms with E-state index in [-0.39, 0.29) is 12.0 Å². The molecule has 4 heteroatoms. The van der Waals surface area contributed by atoms with Crippen molar-refractivity contribution in [1.82, 2.24) is 9.97 Å². The number of nitrogens with zero attached hydrogens (tertiary/aromatic N) is 2. The number of aryl methyl sites for hydroxylation is 1. The largest absolute Gasteiger partial charge is 0.396 e. The zero-order valence-corrected chi connectivity index (χ0v) is 9.62. The normalized spacial score (nSPS) is 11.5. The van der Waals surface area contributed by atoms with E-state index in [0.29, 0.717) is 0 Å². The van der Waals surface area contributed by atoms with Gasteiger partial charge in [0.15, 0.2) is 0 Å². The number of aliphatic hydroxyl groups is 1. The summed E-state index contributed by atoms with van der Waals surface area (Å²) in [6.07, 6.45) is 2.52. The SMILES string of the molecule is Cc1nccc(NCC(C)(C)CCO)n1. The Labute approximate surface area is 90.8 Å². The van der Waals surface area contributed by atoms with E-state index in [1.807, 2.05) is 13.0 Å². The number of aliphatic hydroxyl groups excluding tert-OH is 1. The van der Waals surface area contributed by atoms with E-state index >= 15 is 0 Å². The molecule has 0 bridgehead atoms. The smallest absolute Gasteiger partial charge is 0.129 e. The van der Waals surface area contributed by atoms with E-state index in [9.17, 15) is 0 Å². The second kappa shape index (κ2) is 5.07. The van der Waals surface area contributed by atoms with Crippen LogP contribution < -0.4 is 5.32 Å². The minimum atomic E-state index is 0.0770. The van der Waals surface area contributed by atoms with Crippen molar-refractivity contribution in [2.75, 3.05) is 18.5 Å². The van der Waals surface area contributed by atoms with Crippen LogP contribution in [0.4, 0.5) is 5.82 Å². The molecule has 0 unspecified atom stereocenters. The Morgan fingerprint density at radius 3 is 2.80 bits per heavy atom. The Balaban J connectivity index is 2.49. The van der Waals surface area contributed by atoms with Gasteiger partial charge in [0.25, 0.3) is 0 Å². The minimum absolute atomic E-state index is 0.0770. The molecule has 0 aliphatic carbocycles. The van der Waals surface area contributed by atoms with Crippen molar-refractivity contribution in [3.8, 4) is 0 Å². The van der Waals surface area contributed by atoms with Crippen LogP contribution >= 0.6 is 0 Å². The first-order valence-electron chi connectivity index (χ1n) is 5.18. The van der Waals surface area contributed by atoms with E-state index < -0.39 is 0 Å². The van der Waals surface area contributed by atoms with E-state index in [0.717, 1.165) is 24.6 Å². The summed E-state index contributed by atoms with van der Waals surface area (Å²) >= 11 is 0. The quantitative estimate of drug-likeness (QED) is 0.773. The van der Waals surface area contributed by atoms with E-state index in [1.54, 1.807) is 6.20 Å². The molecular weight excluding hydrogens is 190 g/mol. The van der Waals surface area contributed by atoms with Gasteiger partial charge in [0.05, 0.1) is 0 Å². The summed E-state index contributed by atoms with van der Waals surface area (Å²) < 4.78 is 0. The first kappa shape index (κ1) is 11.9. The van der Waals surface area contributed by atoms with Gasteiger partial charge >= 0.3 is 0 Å². The average molecular weight is 209 g/mol. The summed E-state index contributed by atoms with van der Waals surface area (Å²) in [5.41, 5.74) is 0.0770. The highest BCUT2D eigenvalue weighted by atomic mass is 16.3. The lowest BCUT2D eigenvalue weighted by Gasteiger charge is -2.24. The summed E-state index contributed by atoms with van der Waals surface area (Å²) in [6, 6.07) is 1.85. The van der Waals surface area contributed by atoms with Crippen molar-refractivity contribution < 1.29 is 5.11 Å². The molecule has 0 amide bonds. The van der Waals surface area contributed by atoms with Gasteiger partial charge in [-0.2, -0.15) is 0 Å². The monoisotopic (exact) mass is 209 g/mol. The van der Waals surface area contributed by atoms with Crippen molar-refractivity contribution in [3.05, 3.63) is 18.1 Å². The molecule has 0 spiro atoms. The van der Waals surface area contributed by atoms with Crippen LogP contribution in [0.25, 0.3) is 0 Å². The molecule has 0 radical (unpaired) electrons. The average Bonchev–Trinajstić information content (AvgIpc) is 2.15. The van der Waals surface area contributed by atoms with Gasteiger partial charge in [-0.05, 0) is 24.8 Å². The maximum absolute atomic E-state index is 8.89. The van der Waals surface area contributed by atoms with Crippen molar-refractivity contribution >= 4 is 5.82 Å². The van der Waals surface area contributed by atoms with Crippen molar-refractivity contribution in [2.45, 2.75) is 27.2 Å². The Morgan fingerprint density at radius 2 is 2.20 bits per heavy atom. The molecule has 0 saturated carbocycles. The zero-order valence-electron chi connectivity index (χ0n) is 9.62. The van der Waals surface area contributed by atoms with Gasteiger partial charge in [-0.1, -0.05) is 13.8 Å². The standard InChI is InChI=1S/C11H19N3O/c1-9-12-6-4-10(14-9)13-8-11(2,3)5-7-15/h4,6,15H,5,7-8H2,1-3H3,(H,12,13,14). The van der Waals surface area contributed by atoms with E-state index in [2.05, 4.69) is 29.1 Å². The molecule has 2 N–H and O–H groups in total. The molecule has 0 atom stereocenters. The first-order valence-corrected chi connectivity index (χ1v) is 5.18. The summed E-state index contributed by atoms with van der Waals surface area (Å²) in [6.45, 7) is 7.11. The highest BCUT2D eigenvalue weighted by Crippen LogP contribution is 2.19. The van der Waals surface area contributed by atoms with Crippen molar-refractivity contribution in [1.29, 1.82) is 0 Å². The summed E-state index contributed by atoms with van der Waals surface area (Å²) in [7, 11) is 0. The first-order chi connectivity index (χ1) is 7.03. The maximum atomic E-state index is 8.89. The van der Waals surface area contributed by atoms with Gasteiger partial charge in [-0.25, -0.2) is 9.97 Å². The molecule has 1 heterocycles. The lowest BCUT2D eigenvalue weighted by atomic mass is 9.90. The topological polar surface area (TPSA) is 58.0 Å². The van der Waals surface area contributed by atoms with Crippen LogP contribution in [0.2, 0.25) is 0 Å². The Morgan fingerprint density at radius 1 is 1.47 bits per heavy atom. The molecular formula is C11H19N3O. The fraction of sp³-hybridized carbons (Fsp3) is 0.636. The third-order valence-electron chi connectivity index (χ3n) is 2.31. The lowest BCUT2D eigenvalue weighted by Crippen LogP contribution is -2.24. The third kappa shape index (κ3) is 4.25. The fourth-order valence-electron chi connectivity index (χ4n) is 1.28.